The Balaban J connectivity index is 2.19. The molecule has 3 aromatic rings. The summed E-state index contributed by atoms with van der Waals surface area (Å²) in [6.07, 6.45) is 0. The van der Waals surface area contributed by atoms with Crippen molar-refractivity contribution in [3.05, 3.63) is 53.8 Å². The van der Waals surface area contributed by atoms with Crippen LogP contribution < -0.4 is 0 Å². The van der Waals surface area contributed by atoms with Gasteiger partial charge in [0.25, 0.3) is 0 Å². The number of rotatable bonds is 2. The van der Waals surface area contributed by atoms with Crippen LogP contribution in [0.2, 0.25) is 0 Å². The molecular formula is C16H14FNO. The van der Waals surface area contributed by atoms with Gasteiger partial charge in [0, 0.05) is 5.56 Å². The summed E-state index contributed by atoms with van der Waals surface area (Å²) in [5.74, 6) is 0.531. The van der Waals surface area contributed by atoms with Crippen molar-refractivity contribution in [3.63, 3.8) is 0 Å². The van der Waals surface area contributed by atoms with Crippen LogP contribution in [-0.2, 0) is 0 Å². The van der Waals surface area contributed by atoms with Gasteiger partial charge in [-0.2, -0.15) is 0 Å². The van der Waals surface area contributed by atoms with Gasteiger partial charge in [0.1, 0.15) is 11.3 Å². The molecule has 0 saturated heterocycles. The first-order valence-corrected chi connectivity index (χ1v) is 6.30. The number of halogens is 1. The monoisotopic (exact) mass is 255 g/mol. The molecule has 0 aliphatic rings. The zero-order valence-corrected chi connectivity index (χ0v) is 10.9. The van der Waals surface area contributed by atoms with E-state index in [4.69, 9.17) is 4.42 Å². The van der Waals surface area contributed by atoms with Gasteiger partial charge < -0.3 is 4.42 Å². The topological polar surface area (TPSA) is 26.0 Å². The summed E-state index contributed by atoms with van der Waals surface area (Å²) in [6, 6.07) is 12.2. The second-order valence-electron chi connectivity index (χ2n) is 4.88. The van der Waals surface area contributed by atoms with Crippen LogP contribution in [-0.4, -0.2) is 4.98 Å². The van der Waals surface area contributed by atoms with Crippen molar-refractivity contribution in [2.24, 2.45) is 0 Å². The summed E-state index contributed by atoms with van der Waals surface area (Å²) >= 11 is 0. The Labute approximate surface area is 110 Å². The first-order chi connectivity index (χ1) is 9.15. The molecule has 0 aliphatic heterocycles. The Morgan fingerprint density at radius 1 is 1.11 bits per heavy atom. The fourth-order valence-electron chi connectivity index (χ4n) is 2.17. The lowest BCUT2D eigenvalue weighted by molar-refractivity contribution is 0.605. The lowest BCUT2D eigenvalue weighted by Crippen LogP contribution is -1.86. The average molecular weight is 255 g/mol. The second-order valence-corrected chi connectivity index (χ2v) is 4.88. The van der Waals surface area contributed by atoms with Gasteiger partial charge in [-0.25, -0.2) is 9.37 Å². The molecule has 1 aromatic heterocycles. The number of para-hydroxylation sites is 1. The smallest absolute Gasteiger partial charge is 0.227 e. The summed E-state index contributed by atoms with van der Waals surface area (Å²) in [6.45, 7) is 4.22. The molecule has 96 valence electrons. The molecule has 3 heteroatoms. The van der Waals surface area contributed by atoms with Crippen molar-refractivity contribution in [1.29, 1.82) is 0 Å². The quantitative estimate of drug-likeness (QED) is 0.660. The molecule has 2 nitrogen and oxygen atoms in total. The van der Waals surface area contributed by atoms with Gasteiger partial charge in [0.2, 0.25) is 5.89 Å². The van der Waals surface area contributed by atoms with E-state index in [1.165, 1.54) is 12.1 Å². The van der Waals surface area contributed by atoms with Gasteiger partial charge in [0.15, 0.2) is 5.58 Å². The van der Waals surface area contributed by atoms with Crippen LogP contribution in [0.4, 0.5) is 4.39 Å². The number of nitrogens with zero attached hydrogens (tertiary/aromatic N) is 1. The molecule has 0 radical (unpaired) electrons. The summed E-state index contributed by atoms with van der Waals surface area (Å²) in [5.41, 5.74) is 3.38. The normalized spacial score (nSPS) is 11.4. The molecule has 0 fully saturated rings. The Hall–Kier alpha value is -2.16. The third kappa shape index (κ3) is 2.12. The molecule has 0 N–H and O–H groups in total. The Morgan fingerprint density at radius 3 is 2.63 bits per heavy atom. The third-order valence-corrected chi connectivity index (χ3v) is 3.14. The molecule has 0 unspecified atom stereocenters. The average Bonchev–Trinajstić information content (AvgIpc) is 2.82. The zero-order chi connectivity index (χ0) is 13.4. The zero-order valence-electron chi connectivity index (χ0n) is 10.9. The van der Waals surface area contributed by atoms with Crippen LogP contribution in [0.1, 0.15) is 25.3 Å². The molecular weight excluding hydrogens is 241 g/mol. The van der Waals surface area contributed by atoms with E-state index >= 15 is 0 Å². The Bertz CT molecular complexity index is 730. The number of benzene rings is 2. The standard InChI is InChI=1S/C16H14FNO/c1-10(2)13-7-4-8-14-15(13)19-16(18-14)11-5-3-6-12(17)9-11/h3-10H,1-2H3. The third-order valence-electron chi connectivity index (χ3n) is 3.14. The van der Waals surface area contributed by atoms with Crippen LogP contribution in [0.3, 0.4) is 0 Å². The lowest BCUT2D eigenvalue weighted by Gasteiger charge is -2.03. The van der Waals surface area contributed by atoms with Crippen LogP contribution in [0.5, 0.6) is 0 Å². The van der Waals surface area contributed by atoms with Gasteiger partial charge in [-0.3, -0.25) is 0 Å². The number of hydrogen-bond donors (Lipinski definition) is 0. The van der Waals surface area contributed by atoms with Crippen molar-refractivity contribution in [2.75, 3.05) is 0 Å². The van der Waals surface area contributed by atoms with E-state index in [2.05, 4.69) is 18.8 Å². The summed E-state index contributed by atoms with van der Waals surface area (Å²) in [7, 11) is 0. The van der Waals surface area contributed by atoms with E-state index in [0.29, 0.717) is 17.4 Å². The molecule has 19 heavy (non-hydrogen) atoms. The van der Waals surface area contributed by atoms with Crippen molar-refractivity contribution in [3.8, 4) is 11.5 Å². The van der Waals surface area contributed by atoms with Crippen LogP contribution in [0, 0.1) is 5.82 Å². The highest BCUT2D eigenvalue weighted by Gasteiger charge is 2.13. The maximum Gasteiger partial charge on any atom is 0.227 e. The van der Waals surface area contributed by atoms with Crippen LogP contribution in [0.25, 0.3) is 22.6 Å². The van der Waals surface area contributed by atoms with E-state index in [1.54, 1.807) is 12.1 Å². The first-order valence-electron chi connectivity index (χ1n) is 6.30. The van der Waals surface area contributed by atoms with E-state index in [9.17, 15) is 4.39 Å². The van der Waals surface area contributed by atoms with Crippen molar-refractivity contribution in [1.82, 2.24) is 4.98 Å². The Kier molecular flexibility index (Phi) is 2.82. The predicted octanol–water partition coefficient (Wildman–Crippen LogP) is 4.76. The maximum atomic E-state index is 13.2. The molecule has 0 aliphatic carbocycles. The lowest BCUT2D eigenvalue weighted by atomic mass is 10.0. The van der Waals surface area contributed by atoms with E-state index < -0.39 is 0 Å². The molecule has 3 rings (SSSR count). The highest BCUT2D eigenvalue weighted by molar-refractivity contribution is 5.79. The van der Waals surface area contributed by atoms with Crippen molar-refractivity contribution >= 4 is 11.1 Å². The SMILES string of the molecule is CC(C)c1cccc2nc(-c3cccc(F)c3)oc12. The molecule has 0 atom stereocenters. The minimum Gasteiger partial charge on any atom is -0.436 e. The van der Waals surface area contributed by atoms with E-state index in [0.717, 1.165) is 16.7 Å². The maximum absolute atomic E-state index is 13.2. The highest BCUT2D eigenvalue weighted by Crippen LogP contribution is 2.30. The molecule has 0 saturated carbocycles. The predicted molar refractivity (Wildman–Crippen MR) is 73.5 cm³/mol. The second kappa shape index (κ2) is 4.50. The number of hydrogen-bond acceptors (Lipinski definition) is 2. The number of oxazole rings is 1. The fraction of sp³-hybridized carbons (Fsp3) is 0.188. The van der Waals surface area contributed by atoms with Crippen molar-refractivity contribution in [2.45, 2.75) is 19.8 Å². The largest absolute Gasteiger partial charge is 0.436 e. The summed E-state index contributed by atoms with van der Waals surface area (Å²) in [4.78, 5) is 4.43. The van der Waals surface area contributed by atoms with Crippen LogP contribution >= 0.6 is 0 Å². The molecule has 0 amide bonds. The summed E-state index contributed by atoms with van der Waals surface area (Å²) in [5, 5.41) is 0. The van der Waals surface area contributed by atoms with E-state index in [1.807, 2.05) is 18.2 Å². The number of aromatic nitrogens is 1. The fourth-order valence-corrected chi connectivity index (χ4v) is 2.17. The van der Waals surface area contributed by atoms with E-state index in [-0.39, 0.29) is 5.82 Å². The van der Waals surface area contributed by atoms with Gasteiger partial charge >= 0.3 is 0 Å². The van der Waals surface area contributed by atoms with Gasteiger partial charge in [-0.15, -0.1) is 0 Å². The highest BCUT2D eigenvalue weighted by atomic mass is 19.1. The molecule has 1 heterocycles. The molecule has 2 aromatic carbocycles. The Morgan fingerprint density at radius 2 is 1.89 bits per heavy atom. The van der Waals surface area contributed by atoms with Crippen molar-refractivity contribution < 1.29 is 8.81 Å². The van der Waals surface area contributed by atoms with Crippen LogP contribution in [0.15, 0.2) is 46.9 Å². The first kappa shape index (κ1) is 11.9. The summed E-state index contributed by atoms with van der Waals surface area (Å²) < 4.78 is 19.1. The minimum atomic E-state index is -0.288. The number of fused-ring (bicyclic) bond motifs is 1. The van der Waals surface area contributed by atoms with Gasteiger partial charge in [-0.1, -0.05) is 32.0 Å². The van der Waals surface area contributed by atoms with Gasteiger partial charge in [0.05, 0.1) is 0 Å². The molecule has 0 spiro atoms. The van der Waals surface area contributed by atoms with Gasteiger partial charge in [-0.05, 0) is 35.7 Å². The minimum absolute atomic E-state index is 0.288. The molecule has 0 bridgehead atoms.